The van der Waals surface area contributed by atoms with Crippen LogP contribution in [0.15, 0.2) is 0 Å². The Morgan fingerprint density at radius 2 is 2.27 bits per heavy atom. The third kappa shape index (κ3) is 2.71. The minimum Gasteiger partial charge on any atom is -0.345 e. The van der Waals surface area contributed by atoms with E-state index in [1.165, 1.54) is 12.8 Å². The van der Waals surface area contributed by atoms with Gasteiger partial charge in [-0.15, -0.1) is 0 Å². The summed E-state index contributed by atoms with van der Waals surface area (Å²) in [7, 11) is 1.96. The van der Waals surface area contributed by atoms with Gasteiger partial charge in [-0.25, -0.2) is 0 Å². The number of nitrogens with one attached hydrogen (secondary N) is 1. The van der Waals surface area contributed by atoms with Gasteiger partial charge in [0.05, 0.1) is 0 Å². The third-order valence-corrected chi connectivity index (χ3v) is 3.73. The largest absolute Gasteiger partial charge is 0.345 e. The van der Waals surface area contributed by atoms with Gasteiger partial charge in [-0.3, -0.25) is 4.79 Å². The van der Waals surface area contributed by atoms with Gasteiger partial charge in [0.2, 0.25) is 5.91 Å². The van der Waals surface area contributed by atoms with Crippen molar-refractivity contribution in [3.05, 3.63) is 0 Å². The average molecular weight is 210 g/mol. The van der Waals surface area contributed by atoms with Gasteiger partial charge in [0.1, 0.15) is 0 Å². The predicted molar refractivity (Wildman–Crippen MR) is 60.5 cm³/mol. The molecule has 2 rings (SSSR count). The summed E-state index contributed by atoms with van der Waals surface area (Å²) in [6.07, 6.45) is 3.63. The first-order valence-corrected chi connectivity index (χ1v) is 6.14. The topological polar surface area (TPSA) is 32.3 Å². The van der Waals surface area contributed by atoms with Gasteiger partial charge in [-0.1, -0.05) is 6.92 Å². The van der Waals surface area contributed by atoms with Gasteiger partial charge in [-0.2, -0.15) is 0 Å². The molecule has 0 spiro atoms. The molecule has 1 saturated heterocycles. The van der Waals surface area contributed by atoms with E-state index >= 15 is 0 Å². The Balaban J connectivity index is 1.75. The van der Waals surface area contributed by atoms with Gasteiger partial charge < -0.3 is 10.2 Å². The zero-order chi connectivity index (χ0) is 10.8. The second-order valence-corrected chi connectivity index (χ2v) is 5.25. The van der Waals surface area contributed by atoms with Crippen molar-refractivity contribution in [2.75, 3.05) is 26.7 Å². The van der Waals surface area contributed by atoms with Crippen molar-refractivity contribution in [1.29, 1.82) is 0 Å². The molecule has 1 heterocycles. The van der Waals surface area contributed by atoms with Crippen LogP contribution in [0, 0.1) is 17.8 Å². The molecule has 15 heavy (non-hydrogen) atoms. The van der Waals surface area contributed by atoms with Gasteiger partial charge in [0, 0.05) is 19.5 Å². The molecule has 1 aliphatic heterocycles. The van der Waals surface area contributed by atoms with E-state index in [9.17, 15) is 4.79 Å². The van der Waals surface area contributed by atoms with Crippen molar-refractivity contribution >= 4 is 5.91 Å². The molecule has 0 aromatic heterocycles. The quantitative estimate of drug-likeness (QED) is 0.756. The number of piperidine rings is 1. The zero-order valence-corrected chi connectivity index (χ0v) is 9.83. The standard InChI is InChI=1S/C12H22N2O/c1-9-6-11(9)12(15)14(2)8-10-4-3-5-13-7-10/h9-11,13H,3-8H2,1-2H3. The van der Waals surface area contributed by atoms with Gasteiger partial charge in [0.25, 0.3) is 0 Å². The van der Waals surface area contributed by atoms with E-state index in [0.29, 0.717) is 23.7 Å². The SMILES string of the molecule is CC1CC1C(=O)N(C)CC1CCCNC1. The highest BCUT2D eigenvalue weighted by Crippen LogP contribution is 2.39. The molecule has 2 aliphatic rings. The summed E-state index contributed by atoms with van der Waals surface area (Å²) in [6, 6.07) is 0. The van der Waals surface area contributed by atoms with Crippen LogP contribution in [0.1, 0.15) is 26.2 Å². The molecule has 3 atom stereocenters. The number of amides is 1. The molecule has 1 saturated carbocycles. The van der Waals surface area contributed by atoms with Crippen LogP contribution in [0.4, 0.5) is 0 Å². The van der Waals surface area contributed by atoms with Crippen LogP contribution in [0.2, 0.25) is 0 Å². The average Bonchev–Trinajstić information content (AvgIpc) is 2.96. The molecule has 3 heteroatoms. The highest BCUT2D eigenvalue weighted by molar-refractivity contribution is 5.81. The van der Waals surface area contributed by atoms with Crippen LogP contribution in [0.5, 0.6) is 0 Å². The Bertz CT molecular complexity index is 236. The molecule has 3 nitrogen and oxygen atoms in total. The van der Waals surface area contributed by atoms with E-state index in [2.05, 4.69) is 12.2 Å². The van der Waals surface area contributed by atoms with Crippen molar-refractivity contribution in [3.8, 4) is 0 Å². The summed E-state index contributed by atoms with van der Waals surface area (Å²) < 4.78 is 0. The van der Waals surface area contributed by atoms with Crippen LogP contribution in [0.25, 0.3) is 0 Å². The molecule has 0 aromatic carbocycles. The van der Waals surface area contributed by atoms with E-state index in [1.54, 1.807) is 0 Å². The number of hydrogen-bond donors (Lipinski definition) is 1. The smallest absolute Gasteiger partial charge is 0.225 e. The van der Waals surface area contributed by atoms with Crippen molar-refractivity contribution in [1.82, 2.24) is 10.2 Å². The predicted octanol–water partition coefficient (Wildman–Crippen LogP) is 1.10. The number of hydrogen-bond acceptors (Lipinski definition) is 2. The lowest BCUT2D eigenvalue weighted by Gasteiger charge is -2.27. The molecule has 86 valence electrons. The molecule has 0 bridgehead atoms. The van der Waals surface area contributed by atoms with Gasteiger partial charge >= 0.3 is 0 Å². The van der Waals surface area contributed by atoms with Crippen LogP contribution >= 0.6 is 0 Å². The van der Waals surface area contributed by atoms with Crippen LogP contribution in [0.3, 0.4) is 0 Å². The second-order valence-electron chi connectivity index (χ2n) is 5.25. The Kier molecular flexibility index (Phi) is 3.29. The van der Waals surface area contributed by atoms with Crippen LogP contribution in [-0.2, 0) is 4.79 Å². The third-order valence-electron chi connectivity index (χ3n) is 3.73. The Morgan fingerprint density at radius 1 is 1.53 bits per heavy atom. The maximum Gasteiger partial charge on any atom is 0.225 e. The first-order valence-electron chi connectivity index (χ1n) is 6.14. The molecule has 1 N–H and O–H groups in total. The lowest BCUT2D eigenvalue weighted by Crippen LogP contribution is -2.39. The zero-order valence-electron chi connectivity index (χ0n) is 9.83. The van der Waals surface area contributed by atoms with Crippen molar-refractivity contribution in [2.24, 2.45) is 17.8 Å². The van der Waals surface area contributed by atoms with Crippen molar-refractivity contribution < 1.29 is 4.79 Å². The fraction of sp³-hybridized carbons (Fsp3) is 0.917. The normalized spacial score (nSPS) is 34.9. The minimum absolute atomic E-state index is 0.339. The molecule has 1 aliphatic carbocycles. The molecule has 0 radical (unpaired) electrons. The highest BCUT2D eigenvalue weighted by atomic mass is 16.2. The maximum absolute atomic E-state index is 11.9. The van der Waals surface area contributed by atoms with E-state index in [-0.39, 0.29) is 0 Å². The van der Waals surface area contributed by atoms with E-state index in [4.69, 9.17) is 0 Å². The summed E-state index contributed by atoms with van der Waals surface area (Å²) in [5.74, 6) is 2.01. The number of carbonyl (C=O) groups excluding carboxylic acids is 1. The minimum atomic E-state index is 0.339. The van der Waals surface area contributed by atoms with Crippen molar-refractivity contribution in [2.45, 2.75) is 26.2 Å². The number of nitrogens with zero attached hydrogens (tertiary/aromatic N) is 1. The van der Waals surface area contributed by atoms with E-state index in [1.807, 2.05) is 11.9 Å². The molecule has 1 amide bonds. The fourth-order valence-corrected chi connectivity index (χ4v) is 2.51. The maximum atomic E-state index is 11.9. The summed E-state index contributed by atoms with van der Waals surface area (Å²) in [4.78, 5) is 13.8. The number of rotatable bonds is 3. The lowest BCUT2D eigenvalue weighted by atomic mass is 9.99. The summed E-state index contributed by atoms with van der Waals surface area (Å²) in [5, 5.41) is 3.39. The summed E-state index contributed by atoms with van der Waals surface area (Å²) in [5.41, 5.74) is 0. The van der Waals surface area contributed by atoms with E-state index < -0.39 is 0 Å². The van der Waals surface area contributed by atoms with Gasteiger partial charge in [0.15, 0.2) is 0 Å². The van der Waals surface area contributed by atoms with Gasteiger partial charge in [-0.05, 0) is 44.2 Å². The Hall–Kier alpha value is -0.570. The van der Waals surface area contributed by atoms with Crippen LogP contribution in [-0.4, -0.2) is 37.5 Å². The Labute approximate surface area is 92.2 Å². The Morgan fingerprint density at radius 3 is 2.80 bits per heavy atom. The molecular formula is C12H22N2O. The molecule has 0 aromatic rings. The van der Waals surface area contributed by atoms with Crippen LogP contribution < -0.4 is 5.32 Å². The van der Waals surface area contributed by atoms with E-state index in [0.717, 1.165) is 26.1 Å². The monoisotopic (exact) mass is 210 g/mol. The first-order chi connectivity index (χ1) is 7.18. The second kappa shape index (κ2) is 4.52. The molecule has 2 fully saturated rings. The highest BCUT2D eigenvalue weighted by Gasteiger charge is 2.40. The number of carbonyl (C=O) groups is 1. The summed E-state index contributed by atoms with van der Waals surface area (Å²) in [6.45, 7) is 5.33. The first kappa shape index (κ1) is 10.9. The summed E-state index contributed by atoms with van der Waals surface area (Å²) >= 11 is 0. The fourth-order valence-electron chi connectivity index (χ4n) is 2.51. The lowest BCUT2D eigenvalue weighted by molar-refractivity contribution is -0.132. The molecular weight excluding hydrogens is 188 g/mol. The molecule has 3 unspecified atom stereocenters. The van der Waals surface area contributed by atoms with Crippen molar-refractivity contribution in [3.63, 3.8) is 0 Å².